The van der Waals surface area contributed by atoms with E-state index in [0.717, 1.165) is 59.0 Å². The van der Waals surface area contributed by atoms with Crippen molar-refractivity contribution < 1.29 is 4.79 Å². The average Bonchev–Trinajstić information content (AvgIpc) is 3.29. The lowest BCUT2D eigenvalue weighted by Gasteiger charge is -2.31. The van der Waals surface area contributed by atoms with Crippen LogP contribution < -0.4 is 5.32 Å². The zero-order valence-electron chi connectivity index (χ0n) is 17.3. The van der Waals surface area contributed by atoms with Crippen molar-refractivity contribution >= 4 is 27.5 Å². The molecule has 6 heteroatoms. The molecule has 0 radical (unpaired) electrons. The first-order valence-corrected chi connectivity index (χ1v) is 11.0. The van der Waals surface area contributed by atoms with Crippen molar-refractivity contribution in [2.24, 2.45) is 0 Å². The predicted octanol–water partition coefficient (Wildman–Crippen LogP) is 4.56. The molecule has 1 aromatic carbocycles. The lowest BCUT2D eigenvalue weighted by molar-refractivity contribution is 0.0918. The lowest BCUT2D eigenvalue weighted by atomic mass is 10.0. The van der Waals surface area contributed by atoms with E-state index in [1.807, 2.05) is 48.0 Å². The molecule has 0 saturated carbocycles. The lowest BCUT2D eigenvalue weighted by Crippen LogP contribution is -2.44. The van der Waals surface area contributed by atoms with Crippen LogP contribution in [0.25, 0.3) is 15.9 Å². The maximum absolute atomic E-state index is 12.9. The Morgan fingerprint density at radius 3 is 2.66 bits per heavy atom. The van der Waals surface area contributed by atoms with Crippen molar-refractivity contribution in [3.8, 4) is 5.69 Å². The fourth-order valence-electron chi connectivity index (χ4n) is 3.73. The van der Waals surface area contributed by atoms with E-state index >= 15 is 0 Å². The van der Waals surface area contributed by atoms with Crippen LogP contribution in [0.1, 0.15) is 42.1 Å². The van der Waals surface area contributed by atoms with Crippen LogP contribution in [0.3, 0.4) is 0 Å². The second-order valence-electron chi connectivity index (χ2n) is 7.99. The van der Waals surface area contributed by atoms with E-state index in [0.29, 0.717) is 0 Å². The third kappa shape index (κ3) is 4.43. The Morgan fingerprint density at radius 1 is 1.24 bits per heavy atom. The van der Waals surface area contributed by atoms with Gasteiger partial charge in [0, 0.05) is 31.1 Å². The molecule has 1 aliphatic heterocycles. The van der Waals surface area contributed by atoms with E-state index in [1.165, 1.54) is 16.9 Å². The molecule has 2 aromatic heterocycles. The van der Waals surface area contributed by atoms with E-state index < -0.39 is 0 Å². The third-order valence-corrected chi connectivity index (χ3v) is 6.56. The summed E-state index contributed by atoms with van der Waals surface area (Å²) in [6.07, 6.45) is 4.28. The summed E-state index contributed by atoms with van der Waals surface area (Å²) in [5.41, 5.74) is 3.32. The predicted molar refractivity (Wildman–Crippen MR) is 120 cm³/mol. The van der Waals surface area contributed by atoms with Gasteiger partial charge in [-0.25, -0.2) is 4.68 Å². The number of fused-ring (bicyclic) bond motifs is 1. The molecule has 1 N–H and O–H groups in total. The van der Waals surface area contributed by atoms with E-state index in [9.17, 15) is 4.79 Å². The number of allylic oxidation sites excluding steroid dienone is 1. The fraction of sp³-hybridized carbons (Fsp3) is 0.391. The van der Waals surface area contributed by atoms with Crippen LogP contribution in [-0.4, -0.2) is 46.3 Å². The van der Waals surface area contributed by atoms with Crippen molar-refractivity contribution in [2.45, 2.75) is 39.7 Å². The zero-order valence-corrected chi connectivity index (χ0v) is 18.1. The minimum absolute atomic E-state index is 0.0351. The number of hydrogen-bond donors (Lipinski definition) is 1. The van der Waals surface area contributed by atoms with Crippen LogP contribution in [0.5, 0.6) is 0 Å². The first kappa shape index (κ1) is 19.9. The van der Waals surface area contributed by atoms with Crippen molar-refractivity contribution in [1.29, 1.82) is 0 Å². The van der Waals surface area contributed by atoms with Gasteiger partial charge < -0.3 is 5.32 Å². The summed E-state index contributed by atoms with van der Waals surface area (Å²) < 4.78 is 1.94. The molecular weight excluding hydrogens is 380 g/mol. The number of benzene rings is 1. The summed E-state index contributed by atoms with van der Waals surface area (Å²) in [6.45, 7) is 9.34. The highest BCUT2D eigenvalue weighted by Crippen LogP contribution is 2.30. The molecule has 4 rings (SSSR count). The highest BCUT2D eigenvalue weighted by Gasteiger charge is 2.22. The van der Waals surface area contributed by atoms with E-state index in [4.69, 9.17) is 0 Å². The topological polar surface area (TPSA) is 50.2 Å². The number of nitrogens with one attached hydrogen (secondary N) is 1. The molecule has 3 heterocycles. The molecule has 1 saturated heterocycles. The summed E-state index contributed by atoms with van der Waals surface area (Å²) >= 11 is 1.52. The van der Waals surface area contributed by atoms with Gasteiger partial charge in [-0.05, 0) is 51.8 Å². The molecule has 3 aromatic rings. The number of amides is 1. The second-order valence-corrected chi connectivity index (χ2v) is 9.02. The van der Waals surface area contributed by atoms with E-state index in [2.05, 4.69) is 35.2 Å². The van der Waals surface area contributed by atoms with Crippen LogP contribution in [0.4, 0.5) is 0 Å². The van der Waals surface area contributed by atoms with Crippen molar-refractivity contribution in [1.82, 2.24) is 20.0 Å². The van der Waals surface area contributed by atoms with Crippen LogP contribution in [0.2, 0.25) is 0 Å². The molecule has 0 atom stereocenters. The highest BCUT2D eigenvalue weighted by molar-refractivity contribution is 7.20. The van der Waals surface area contributed by atoms with Crippen molar-refractivity contribution in [2.75, 3.05) is 19.6 Å². The number of para-hydroxylation sites is 1. The summed E-state index contributed by atoms with van der Waals surface area (Å²) in [5.74, 6) is 0.0351. The van der Waals surface area contributed by atoms with Gasteiger partial charge in [0.1, 0.15) is 4.83 Å². The molecule has 0 spiro atoms. The SMILES string of the molecule is CC(C)=CCN1CCC(NC(=O)c2cc3c(C)nn(-c4ccccc4)c3s2)CC1. The summed E-state index contributed by atoms with van der Waals surface area (Å²) in [4.78, 5) is 17.1. The largest absolute Gasteiger partial charge is 0.349 e. The van der Waals surface area contributed by atoms with E-state index in [-0.39, 0.29) is 11.9 Å². The summed E-state index contributed by atoms with van der Waals surface area (Å²) in [7, 11) is 0. The monoisotopic (exact) mass is 408 g/mol. The molecule has 5 nitrogen and oxygen atoms in total. The average molecular weight is 409 g/mol. The Balaban J connectivity index is 1.44. The number of likely N-dealkylation sites (tertiary alicyclic amines) is 1. The van der Waals surface area contributed by atoms with Gasteiger partial charge in [0.25, 0.3) is 5.91 Å². The maximum atomic E-state index is 12.9. The van der Waals surface area contributed by atoms with Gasteiger partial charge in [-0.1, -0.05) is 29.8 Å². The first-order valence-electron chi connectivity index (χ1n) is 10.2. The van der Waals surface area contributed by atoms with Gasteiger partial charge in [-0.2, -0.15) is 5.10 Å². The number of rotatable bonds is 5. The number of aryl methyl sites for hydroxylation is 1. The Kier molecular flexibility index (Phi) is 5.83. The molecule has 29 heavy (non-hydrogen) atoms. The molecule has 152 valence electrons. The van der Waals surface area contributed by atoms with Gasteiger partial charge >= 0.3 is 0 Å². The van der Waals surface area contributed by atoms with Crippen LogP contribution in [-0.2, 0) is 0 Å². The van der Waals surface area contributed by atoms with Crippen LogP contribution >= 0.6 is 11.3 Å². The minimum Gasteiger partial charge on any atom is -0.349 e. The number of thiophene rings is 1. The zero-order chi connectivity index (χ0) is 20.4. The molecule has 1 amide bonds. The Bertz CT molecular complexity index is 1020. The van der Waals surface area contributed by atoms with Gasteiger partial charge in [-0.15, -0.1) is 11.3 Å². The molecule has 0 aliphatic carbocycles. The Morgan fingerprint density at radius 2 is 1.97 bits per heavy atom. The minimum atomic E-state index is 0.0351. The standard InChI is InChI=1S/C23H28N4OS/c1-16(2)9-12-26-13-10-18(11-14-26)24-22(28)21-15-20-17(3)25-27(23(20)29-21)19-7-5-4-6-8-19/h4-9,15,18H,10-14H2,1-3H3,(H,24,28). The number of piperidine rings is 1. The summed E-state index contributed by atoms with van der Waals surface area (Å²) in [6, 6.07) is 12.3. The van der Waals surface area contributed by atoms with Crippen LogP contribution in [0, 0.1) is 6.92 Å². The van der Waals surface area contributed by atoms with Crippen molar-refractivity contribution in [3.63, 3.8) is 0 Å². The fourth-order valence-corrected chi connectivity index (χ4v) is 4.82. The van der Waals surface area contributed by atoms with Gasteiger partial charge in [0.05, 0.1) is 16.3 Å². The van der Waals surface area contributed by atoms with Gasteiger partial charge in [-0.3, -0.25) is 9.69 Å². The van der Waals surface area contributed by atoms with Crippen molar-refractivity contribution in [3.05, 3.63) is 58.6 Å². The molecule has 1 aliphatic rings. The van der Waals surface area contributed by atoms with Gasteiger partial charge in [0.15, 0.2) is 0 Å². The molecule has 0 unspecified atom stereocenters. The van der Waals surface area contributed by atoms with Crippen LogP contribution in [0.15, 0.2) is 48.0 Å². The summed E-state index contributed by atoms with van der Waals surface area (Å²) in [5, 5.41) is 8.97. The smallest absolute Gasteiger partial charge is 0.261 e. The molecule has 0 bridgehead atoms. The van der Waals surface area contributed by atoms with E-state index in [1.54, 1.807) is 0 Å². The Labute approximate surface area is 176 Å². The molecule has 1 fully saturated rings. The quantitative estimate of drug-likeness (QED) is 0.630. The highest BCUT2D eigenvalue weighted by atomic mass is 32.1. The van der Waals surface area contributed by atoms with Gasteiger partial charge in [0.2, 0.25) is 0 Å². The second kappa shape index (κ2) is 8.51. The maximum Gasteiger partial charge on any atom is 0.261 e. The first-order chi connectivity index (χ1) is 14.0. The normalized spacial score (nSPS) is 15.6. The Hall–Kier alpha value is -2.44. The number of nitrogens with zero attached hydrogens (tertiary/aromatic N) is 3. The number of carbonyl (C=O) groups excluding carboxylic acids is 1. The number of hydrogen-bond acceptors (Lipinski definition) is 4. The number of aromatic nitrogens is 2. The third-order valence-electron chi connectivity index (χ3n) is 5.45. The molecular formula is C23H28N4OS. The number of carbonyl (C=O) groups is 1.